The summed E-state index contributed by atoms with van der Waals surface area (Å²) in [5.41, 5.74) is 9.77. The van der Waals surface area contributed by atoms with Gasteiger partial charge in [0.05, 0.1) is 11.8 Å². The minimum Gasteiger partial charge on any atom is -0.368 e. The van der Waals surface area contributed by atoms with Crippen LogP contribution in [0.3, 0.4) is 0 Å². The quantitative estimate of drug-likeness (QED) is 0.788. The first-order valence-electron chi connectivity index (χ1n) is 5.40. The highest BCUT2D eigenvalue weighted by Crippen LogP contribution is 2.25. The molecular weight excluding hydrogens is 232 g/mol. The minimum absolute atomic E-state index is 0.0788. The largest absolute Gasteiger partial charge is 0.368 e. The lowest BCUT2D eigenvalue weighted by Gasteiger charge is -2.04. The molecule has 90 valence electrons. The summed E-state index contributed by atoms with van der Waals surface area (Å²) in [5.74, 6) is -0.685. The minimum atomic E-state index is -0.428. The predicted molar refractivity (Wildman–Crippen MR) is 66.2 cm³/mol. The summed E-state index contributed by atoms with van der Waals surface area (Å²) in [6.07, 6.45) is 3.33. The number of carbonyl (C=O) groups is 2. The van der Waals surface area contributed by atoms with E-state index in [4.69, 9.17) is 5.73 Å². The van der Waals surface area contributed by atoms with Crippen molar-refractivity contribution in [3.8, 4) is 0 Å². The number of primary amides is 1. The first-order valence-corrected chi connectivity index (χ1v) is 5.40. The van der Waals surface area contributed by atoms with Gasteiger partial charge in [-0.15, -0.1) is 0 Å². The summed E-state index contributed by atoms with van der Waals surface area (Å²) in [6.45, 7) is 0.0788. The highest BCUT2D eigenvalue weighted by atomic mass is 16.2. The molecule has 1 aliphatic rings. The molecule has 0 aliphatic carbocycles. The van der Waals surface area contributed by atoms with Gasteiger partial charge in [-0.1, -0.05) is 6.07 Å². The molecule has 1 aromatic heterocycles. The van der Waals surface area contributed by atoms with Crippen LogP contribution in [0, 0.1) is 0 Å². The van der Waals surface area contributed by atoms with Gasteiger partial charge in [0, 0.05) is 22.7 Å². The van der Waals surface area contributed by atoms with E-state index in [1.807, 2.05) is 6.07 Å². The Hall–Kier alpha value is -2.63. The number of nitrogens with two attached hydrogens (primary N) is 1. The summed E-state index contributed by atoms with van der Waals surface area (Å²) in [6, 6.07) is 5.34. The number of hydrogen-bond donors (Lipinski definition) is 2. The van der Waals surface area contributed by atoms with Crippen LogP contribution in [0.15, 0.2) is 29.5 Å². The Kier molecular flexibility index (Phi) is 2.16. The van der Waals surface area contributed by atoms with Crippen LogP contribution < -0.4 is 11.2 Å². The maximum Gasteiger partial charge on any atom is 0.272 e. The Balaban J connectivity index is 2.33. The van der Waals surface area contributed by atoms with Crippen LogP contribution in [0.1, 0.15) is 15.9 Å². The van der Waals surface area contributed by atoms with Crippen molar-refractivity contribution >= 4 is 28.9 Å². The van der Waals surface area contributed by atoms with E-state index < -0.39 is 5.91 Å². The van der Waals surface area contributed by atoms with E-state index in [1.165, 1.54) is 0 Å². The Labute approximate surface area is 102 Å². The van der Waals surface area contributed by atoms with Crippen LogP contribution in [0.5, 0.6) is 0 Å². The second-order valence-corrected chi connectivity index (χ2v) is 4.08. The van der Waals surface area contributed by atoms with Crippen LogP contribution in [0.25, 0.3) is 10.9 Å². The monoisotopic (exact) mass is 242 g/mol. The van der Waals surface area contributed by atoms with E-state index in [9.17, 15) is 9.59 Å². The van der Waals surface area contributed by atoms with Gasteiger partial charge in [0.2, 0.25) is 5.91 Å². The van der Waals surface area contributed by atoms with E-state index in [1.54, 1.807) is 29.1 Å². The molecule has 0 radical (unpaired) electrons. The van der Waals surface area contributed by atoms with Gasteiger partial charge in [0.1, 0.15) is 6.54 Å². The fourth-order valence-electron chi connectivity index (χ4n) is 2.19. The lowest BCUT2D eigenvalue weighted by Crippen LogP contribution is -2.18. The molecule has 0 fully saturated rings. The van der Waals surface area contributed by atoms with Crippen molar-refractivity contribution in [2.45, 2.75) is 6.54 Å². The average molecular weight is 242 g/mol. The molecular formula is C12H10N4O2. The summed E-state index contributed by atoms with van der Waals surface area (Å²) < 4.78 is 1.72. The van der Waals surface area contributed by atoms with Crippen molar-refractivity contribution in [1.82, 2.24) is 9.99 Å². The second kappa shape index (κ2) is 3.69. The molecule has 0 saturated heterocycles. The number of amides is 2. The number of rotatable bonds is 2. The lowest BCUT2D eigenvalue weighted by molar-refractivity contribution is -0.118. The lowest BCUT2D eigenvalue weighted by atomic mass is 10.1. The Morgan fingerprint density at radius 1 is 1.44 bits per heavy atom. The molecule has 0 atom stereocenters. The van der Waals surface area contributed by atoms with Crippen molar-refractivity contribution in [2.24, 2.45) is 10.8 Å². The van der Waals surface area contributed by atoms with Crippen LogP contribution >= 0.6 is 0 Å². The third kappa shape index (κ3) is 1.46. The standard InChI is InChI=1S/C12H10N4O2/c13-10(17)6-16-5-7-4-14-15-12(18)8-2-1-3-9(16)11(7)8/h1-5H,6H2,(H2,13,17)(H,15,18). The molecule has 3 N–H and O–H groups in total. The van der Waals surface area contributed by atoms with Crippen molar-refractivity contribution in [3.05, 3.63) is 35.5 Å². The second-order valence-electron chi connectivity index (χ2n) is 4.08. The maximum atomic E-state index is 11.8. The van der Waals surface area contributed by atoms with Crippen LogP contribution in [-0.2, 0) is 11.3 Å². The molecule has 18 heavy (non-hydrogen) atoms. The van der Waals surface area contributed by atoms with E-state index in [-0.39, 0.29) is 12.5 Å². The Bertz CT molecular complexity index is 699. The number of hydrogen-bond acceptors (Lipinski definition) is 3. The number of aromatic nitrogens is 1. The van der Waals surface area contributed by atoms with Gasteiger partial charge < -0.3 is 10.3 Å². The van der Waals surface area contributed by atoms with Gasteiger partial charge >= 0.3 is 0 Å². The molecule has 1 aliphatic heterocycles. The van der Waals surface area contributed by atoms with Crippen molar-refractivity contribution < 1.29 is 9.59 Å². The Morgan fingerprint density at radius 2 is 2.28 bits per heavy atom. The SMILES string of the molecule is NC(=O)Cn1cc2c3c(cccc31)C(=O)NN=C2. The van der Waals surface area contributed by atoms with Crippen LogP contribution in [0.2, 0.25) is 0 Å². The number of carbonyl (C=O) groups excluding carboxylic acids is 2. The molecule has 0 bridgehead atoms. The van der Waals surface area contributed by atoms with E-state index in [0.717, 1.165) is 16.5 Å². The normalized spacial score (nSPS) is 13.4. The first-order chi connectivity index (χ1) is 8.66. The first kappa shape index (κ1) is 10.5. The number of nitrogens with one attached hydrogen (secondary N) is 1. The molecule has 6 nitrogen and oxygen atoms in total. The van der Waals surface area contributed by atoms with Crippen molar-refractivity contribution in [2.75, 3.05) is 0 Å². The third-order valence-electron chi connectivity index (χ3n) is 2.88. The molecule has 2 aromatic rings. The molecule has 1 aromatic carbocycles. The molecule has 2 heterocycles. The Morgan fingerprint density at radius 3 is 3.06 bits per heavy atom. The van der Waals surface area contributed by atoms with Gasteiger partial charge in [0.15, 0.2) is 0 Å². The van der Waals surface area contributed by atoms with E-state index in [2.05, 4.69) is 10.5 Å². The summed E-state index contributed by atoms with van der Waals surface area (Å²) >= 11 is 0. The molecule has 3 rings (SSSR count). The third-order valence-corrected chi connectivity index (χ3v) is 2.88. The fraction of sp³-hybridized carbons (Fsp3) is 0.0833. The zero-order valence-electron chi connectivity index (χ0n) is 9.38. The molecule has 6 heteroatoms. The van der Waals surface area contributed by atoms with Crippen LogP contribution in [0.4, 0.5) is 0 Å². The summed E-state index contributed by atoms with van der Waals surface area (Å²) in [5, 5.41) is 4.62. The van der Waals surface area contributed by atoms with Crippen molar-refractivity contribution in [3.63, 3.8) is 0 Å². The van der Waals surface area contributed by atoms with Gasteiger partial charge in [-0.3, -0.25) is 9.59 Å². The zero-order valence-corrected chi connectivity index (χ0v) is 9.38. The zero-order chi connectivity index (χ0) is 12.7. The van der Waals surface area contributed by atoms with Crippen molar-refractivity contribution in [1.29, 1.82) is 0 Å². The van der Waals surface area contributed by atoms with E-state index >= 15 is 0 Å². The highest BCUT2D eigenvalue weighted by Gasteiger charge is 2.18. The molecule has 2 amide bonds. The fourth-order valence-corrected chi connectivity index (χ4v) is 2.19. The molecule has 0 saturated carbocycles. The van der Waals surface area contributed by atoms with E-state index in [0.29, 0.717) is 5.56 Å². The number of hydrazone groups is 1. The average Bonchev–Trinajstić information content (AvgIpc) is 2.58. The maximum absolute atomic E-state index is 11.8. The van der Waals surface area contributed by atoms with Gasteiger partial charge in [-0.25, -0.2) is 5.43 Å². The van der Waals surface area contributed by atoms with Gasteiger partial charge in [0.25, 0.3) is 5.91 Å². The number of nitrogens with zero attached hydrogens (tertiary/aromatic N) is 2. The summed E-state index contributed by atoms with van der Waals surface area (Å²) in [4.78, 5) is 22.8. The van der Waals surface area contributed by atoms with Gasteiger partial charge in [-0.2, -0.15) is 5.10 Å². The molecule has 0 unspecified atom stereocenters. The highest BCUT2D eigenvalue weighted by molar-refractivity contribution is 6.14. The molecule has 0 spiro atoms. The number of benzene rings is 1. The predicted octanol–water partition coefficient (Wildman–Crippen LogP) is 0.204. The topological polar surface area (TPSA) is 89.5 Å². The summed E-state index contributed by atoms with van der Waals surface area (Å²) in [7, 11) is 0. The smallest absolute Gasteiger partial charge is 0.272 e. The van der Waals surface area contributed by atoms with Crippen LogP contribution in [-0.4, -0.2) is 22.6 Å². The van der Waals surface area contributed by atoms with Gasteiger partial charge in [-0.05, 0) is 12.1 Å².